The maximum absolute atomic E-state index is 13.1. The lowest BCUT2D eigenvalue weighted by molar-refractivity contribution is -0.152. The molecule has 1 fully saturated rings. The van der Waals surface area contributed by atoms with Gasteiger partial charge in [0.2, 0.25) is 0 Å². The van der Waals surface area contributed by atoms with E-state index in [4.69, 9.17) is 4.74 Å². The highest BCUT2D eigenvalue weighted by atomic mass is 19.1. The van der Waals surface area contributed by atoms with Crippen LogP contribution >= 0.6 is 0 Å². The van der Waals surface area contributed by atoms with Crippen LogP contribution in [0.4, 0.5) is 4.39 Å². The van der Waals surface area contributed by atoms with E-state index >= 15 is 0 Å². The van der Waals surface area contributed by atoms with Gasteiger partial charge in [0.15, 0.2) is 5.54 Å². The Kier molecular flexibility index (Phi) is 3.83. The lowest BCUT2D eigenvalue weighted by Gasteiger charge is -2.29. The smallest absolute Gasteiger partial charge is 0.333 e. The molecule has 0 N–H and O–H groups in total. The maximum Gasteiger partial charge on any atom is 0.333 e. The van der Waals surface area contributed by atoms with Crippen LogP contribution in [-0.2, 0) is 9.53 Å². The molecule has 1 aliphatic heterocycles. The van der Waals surface area contributed by atoms with Crippen LogP contribution < -0.4 is 0 Å². The molecular formula is C14H17FN2O2. The first kappa shape index (κ1) is 13.5. The number of carbonyl (C=O) groups is 1. The van der Waals surface area contributed by atoms with Crippen molar-refractivity contribution in [3.05, 3.63) is 35.6 Å². The second-order valence-electron chi connectivity index (χ2n) is 4.79. The number of hydrogen-bond acceptors (Lipinski definition) is 4. The van der Waals surface area contributed by atoms with Crippen LogP contribution in [-0.4, -0.2) is 36.4 Å². The van der Waals surface area contributed by atoms with Gasteiger partial charge < -0.3 is 4.74 Å². The number of hydrazone groups is 1. The fourth-order valence-electron chi connectivity index (χ4n) is 2.28. The minimum Gasteiger partial charge on any atom is -0.467 e. The van der Waals surface area contributed by atoms with Crippen molar-refractivity contribution in [1.82, 2.24) is 5.01 Å². The van der Waals surface area contributed by atoms with Gasteiger partial charge in [-0.2, -0.15) is 5.10 Å². The topological polar surface area (TPSA) is 41.9 Å². The molecule has 0 aliphatic carbocycles. The molecule has 0 radical (unpaired) electrons. The number of nitrogens with zero attached hydrogens (tertiary/aromatic N) is 2. The van der Waals surface area contributed by atoms with Gasteiger partial charge in [0, 0.05) is 6.54 Å². The third-order valence-corrected chi connectivity index (χ3v) is 3.42. The van der Waals surface area contributed by atoms with Crippen molar-refractivity contribution in [3.63, 3.8) is 0 Å². The van der Waals surface area contributed by atoms with Gasteiger partial charge >= 0.3 is 5.97 Å². The fourth-order valence-corrected chi connectivity index (χ4v) is 2.28. The van der Waals surface area contributed by atoms with Gasteiger partial charge in [0.25, 0.3) is 0 Å². The third-order valence-electron chi connectivity index (χ3n) is 3.42. The van der Waals surface area contributed by atoms with Crippen LogP contribution in [0.5, 0.6) is 0 Å². The van der Waals surface area contributed by atoms with Crippen LogP contribution in [0.15, 0.2) is 29.4 Å². The van der Waals surface area contributed by atoms with E-state index in [9.17, 15) is 9.18 Å². The van der Waals surface area contributed by atoms with Gasteiger partial charge in [-0.05, 0) is 37.5 Å². The highest BCUT2D eigenvalue weighted by molar-refractivity contribution is 5.82. The van der Waals surface area contributed by atoms with Crippen LogP contribution in [0.25, 0.3) is 0 Å². The van der Waals surface area contributed by atoms with E-state index in [0.29, 0.717) is 18.5 Å². The van der Waals surface area contributed by atoms with Crippen molar-refractivity contribution in [1.29, 1.82) is 0 Å². The zero-order valence-electron chi connectivity index (χ0n) is 11.1. The summed E-state index contributed by atoms with van der Waals surface area (Å²) in [6.07, 6.45) is 3.15. The summed E-state index contributed by atoms with van der Waals surface area (Å²) in [5.41, 5.74) is -0.0578. The molecule has 1 aromatic carbocycles. The molecule has 0 unspecified atom stereocenters. The minimum atomic E-state index is -0.724. The molecule has 102 valence electrons. The van der Waals surface area contributed by atoms with E-state index in [-0.39, 0.29) is 11.8 Å². The summed E-state index contributed by atoms with van der Waals surface area (Å²) in [6, 6.07) is 6.17. The molecule has 1 saturated heterocycles. The van der Waals surface area contributed by atoms with E-state index < -0.39 is 5.54 Å². The molecule has 5 heteroatoms. The predicted octanol–water partition coefficient (Wildman–Crippen LogP) is 2.19. The first-order chi connectivity index (χ1) is 9.06. The Morgan fingerprint density at radius 2 is 2.37 bits per heavy atom. The Balaban J connectivity index is 2.16. The second kappa shape index (κ2) is 5.38. The fraction of sp³-hybridized carbons (Fsp3) is 0.429. The average molecular weight is 264 g/mol. The number of methoxy groups -OCH3 is 1. The number of hydrogen-bond donors (Lipinski definition) is 0. The quantitative estimate of drug-likeness (QED) is 0.620. The first-order valence-corrected chi connectivity index (χ1v) is 6.22. The Labute approximate surface area is 111 Å². The average Bonchev–Trinajstić information content (AvgIpc) is 2.78. The van der Waals surface area contributed by atoms with Crippen LogP contribution in [0, 0.1) is 5.82 Å². The van der Waals surface area contributed by atoms with Gasteiger partial charge in [-0.1, -0.05) is 12.1 Å². The van der Waals surface area contributed by atoms with Crippen molar-refractivity contribution < 1.29 is 13.9 Å². The summed E-state index contributed by atoms with van der Waals surface area (Å²) in [5, 5.41) is 6.01. The molecule has 4 nitrogen and oxygen atoms in total. The van der Waals surface area contributed by atoms with Crippen molar-refractivity contribution >= 4 is 12.2 Å². The van der Waals surface area contributed by atoms with E-state index in [1.807, 2.05) is 6.92 Å². The van der Waals surface area contributed by atoms with Crippen LogP contribution in [0.2, 0.25) is 0 Å². The molecule has 1 aromatic rings. The molecule has 0 aromatic heterocycles. The van der Waals surface area contributed by atoms with Gasteiger partial charge in [-0.25, -0.2) is 9.18 Å². The molecule has 0 bridgehead atoms. The molecule has 2 rings (SSSR count). The number of halogens is 1. The lowest BCUT2D eigenvalue weighted by atomic mass is 10.0. The molecule has 1 heterocycles. The lowest BCUT2D eigenvalue weighted by Crippen LogP contribution is -2.45. The van der Waals surface area contributed by atoms with E-state index in [0.717, 1.165) is 6.42 Å². The predicted molar refractivity (Wildman–Crippen MR) is 70.4 cm³/mol. The second-order valence-corrected chi connectivity index (χ2v) is 4.79. The number of ether oxygens (including phenoxy) is 1. The normalized spacial score (nSPS) is 23.0. The van der Waals surface area contributed by atoms with Crippen molar-refractivity contribution in [2.45, 2.75) is 25.3 Å². The van der Waals surface area contributed by atoms with Crippen LogP contribution in [0.1, 0.15) is 25.3 Å². The zero-order chi connectivity index (χ0) is 13.9. The van der Waals surface area contributed by atoms with Gasteiger partial charge in [0.05, 0.1) is 13.3 Å². The molecule has 0 amide bonds. The Morgan fingerprint density at radius 3 is 3.05 bits per heavy atom. The van der Waals surface area contributed by atoms with Crippen molar-refractivity contribution in [2.75, 3.05) is 13.7 Å². The molecular weight excluding hydrogens is 247 g/mol. The number of benzene rings is 1. The largest absolute Gasteiger partial charge is 0.467 e. The highest BCUT2D eigenvalue weighted by Crippen LogP contribution is 2.30. The van der Waals surface area contributed by atoms with E-state index in [2.05, 4.69) is 5.10 Å². The monoisotopic (exact) mass is 264 g/mol. The summed E-state index contributed by atoms with van der Waals surface area (Å²) in [7, 11) is 1.38. The minimum absolute atomic E-state index is 0.290. The number of esters is 1. The van der Waals surface area contributed by atoms with Gasteiger partial charge in [-0.15, -0.1) is 0 Å². The molecule has 0 spiro atoms. The van der Waals surface area contributed by atoms with Crippen molar-refractivity contribution in [2.24, 2.45) is 5.10 Å². The summed E-state index contributed by atoms with van der Waals surface area (Å²) < 4.78 is 17.9. The summed E-state index contributed by atoms with van der Waals surface area (Å²) in [5.74, 6) is -0.595. The molecule has 1 atom stereocenters. The first-order valence-electron chi connectivity index (χ1n) is 6.22. The molecule has 0 saturated carbocycles. The summed E-state index contributed by atoms with van der Waals surface area (Å²) in [6.45, 7) is 2.51. The van der Waals surface area contributed by atoms with Crippen molar-refractivity contribution in [3.8, 4) is 0 Å². The highest BCUT2D eigenvalue weighted by Gasteiger charge is 2.44. The van der Waals surface area contributed by atoms with Crippen LogP contribution in [0.3, 0.4) is 0 Å². The Hall–Kier alpha value is -1.91. The summed E-state index contributed by atoms with van der Waals surface area (Å²) in [4.78, 5) is 11.8. The molecule has 1 aliphatic rings. The van der Waals surface area contributed by atoms with E-state index in [1.54, 1.807) is 23.4 Å². The molecule has 19 heavy (non-hydrogen) atoms. The number of rotatable bonds is 3. The standard InChI is InChI=1S/C14H17FN2O2/c1-14(13(18)19-2)7-4-8-17(14)16-10-11-5-3-6-12(15)9-11/h3,5-6,9-10H,4,7-8H2,1-2H3/t14-/m0/s1. The third kappa shape index (κ3) is 2.75. The van der Waals surface area contributed by atoms with E-state index in [1.165, 1.54) is 19.2 Å². The Morgan fingerprint density at radius 1 is 1.58 bits per heavy atom. The number of carbonyl (C=O) groups excluding carboxylic acids is 1. The zero-order valence-corrected chi connectivity index (χ0v) is 11.1. The van der Waals surface area contributed by atoms with Gasteiger partial charge in [-0.3, -0.25) is 5.01 Å². The van der Waals surface area contributed by atoms with Gasteiger partial charge in [0.1, 0.15) is 5.82 Å². The SMILES string of the molecule is COC(=O)[C@]1(C)CCCN1N=Cc1cccc(F)c1. The maximum atomic E-state index is 13.1. The Bertz CT molecular complexity index is 504. The summed E-state index contributed by atoms with van der Waals surface area (Å²) >= 11 is 0.